The number of aromatic nitrogens is 2. The van der Waals surface area contributed by atoms with Crippen LogP contribution in [0.3, 0.4) is 0 Å². The molecule has 0 amide bonds. The standard InChI is InChI=1S/C24H27N5O3/c1-18(30)32-29-13-11-28(12-14-29)17-19-3-7-22(8-4-19)27-24-25-15-21(16-26-24)20-5-9-23(31-2)10-6-20/h3-10,15-16H,11-14,17H2,1-2H3,(H,25,26,27). The molecule has 4 rings (SSSR count). The summed E-state index contributed by atoms with van der Waals surface area (Å²) < 4.78 is 5.20. The van der Waals surface area contributed by atoms with Crippen LogP contribution in [-0.2, 0) is 16.2 Å². The third kappa shape index (κ3) is 5.81. The summed E-state index contributed by atoms with van der Waals surface area (Å²) in [6.07, 6.45) is 3.61. The number of nitrogens with one attached hydrogen (secondary N) is 1. The molecule has 1 aliphatic rings. The van der Waals surface area contributed by atoms with Gasteiger partial charge < -0.3 is 14.9 Å². The molecule has 3 aromatic rings. The fourth-order valence-corrected chi connectivity index (χ4v) is 3.57. The Hall–Kier alpha value is -3.49. The predicted octanol–water partition coefficient (Wildman–Crippen LogP) is 3.49. The Morgan fingerprint density at radius 3 is 2.19 bits per heavy atom. The van der Waals surface area contributed by atoms with Gasteiger partial charge in [0.25, 0.3) is 0 Å². The minimum Gasteiger partial charge on any atom is -0.497 e. The average molecular weight is 434 g/mol. The third-order valence-corrected chi connectivity index (χ3v) is 5.28. The van der Waals surface area contributed by atoms with Crippen LogP contribution >= 0.6 is 0 Å². The molecule has 0 saturated carbocycles. The molecular formula is C24H27N5O3. The number of ether oxygens (including phenoxy) is 1. The Labute approximate surface area is 187 Å². The van der Waals surface area contributed by atoms with E-state index in [1.54, 1.807) is 24.6 Å². The number of carbonyl (C=O) groups excluding carboxylic acids is 1. The average Bonchev–Trinajstić information content (AvgIpc) is 2.82. The minimum absolute atomic E-state index is 0.263. The van der Waals surface area contributed by atoms with Crippen molar-refractivity contribution in [1.82, 2.24) is 19.9 Å². The zero-order valence-corrected chi connectivity index (χ0v) is 18.3. The lowest BCUT2D eigenvalue weighted by molar-refractivity contribution is -0.195. The van der Waals surface area contributed by atoms with E-state index >= 15 is 0 Å². The van der Waals surface area contributed by atoms with Gasteiger partial charge in [-0.25, -0.2) is 9.97 Å². The summed E-state index contributed by atoms with van der Waals surface area (Å²) in [6, 6.07) is 16.1. The number of carbonyl (C=O) groups is 1. The van der Waals surface area contributed by atoms with Gasteiger partial charge in [0.15, 0.2) is 0 Å². The second-order valence-electron chi connectivity index (χ2n) is 7.63. The first-order valence-electron chi connectivity index (χ1n) is 10.6. The second kappa shape index (κ2) is 10.2. The Morgan fingerprint density at radius 2 is 1.59 bits per heavy atom. The van der Waals surface area contributed by atoms with E-state index in [-0.39, 0.29) is 5.97 Å². The van der Waals surface area contributed by atoms with Crippen LogP contribution in [-0.4, -0.2) is 59.2 Å². The van der Waals surface area contributed by atoms with Crippen molar-refractivity contribution < 1.29 is 14.4 Å². The highest BCUT2D eigenvalue weighted by atomic mass is 16.7. The van der Waals surface area contributed by atoms with Gasteiger partial charge in [-0.3, -0.25) is 9.69 Å². The van der Waals surface area contributed by atoms with E-state index in [1.807, 2.05) is 36.4 Å². The predicted molar refractivity (Wildman–Crippen MR) is 122 cm³/mol. The van der Waals surface area contributed by atoms with Gasteiger partial charge >= 0.3 is 5.97 Å². The van der Waals surface area contributed by atoms with Crippen molar-refractivity contribution in [3.8, 4) is 16.9 Å². The first kappa shape index (κ1) is 21.7. The summed E-state index contributed by atoms with van der Waals surface area (Å²) in [7, 11) is 1.65. The van der Waals surface area contributed by atoms with Crippen molar-refractivity contribution in [3.05, 3.63) is 66.5 Å². The molecule has 166 valence electrons. The number of benzene rings is 2. The van der Waals surface area contributed by atoms with E-state index in [2.05, 4.69) is 32.3 Å². The number of hydrogen-bond acceptors (Lipinski definition) is 8. The molecule has 0 unspecified atom stereocenters. The van der Waals surface area contributed by atoms with Crippen LogP contribution in [0.5, 0.6) is 5.75 Å². The van der Waals surface area contributed by atoms with Crippen molar-refractivity contribution in [1.29, 1.82) is 0 Å². The normalized spacial score (nSPS) is 14.7. The van der Waals surface area contributed by atoms with E-state index in [0.29, 0.717) is 5.95 Å². The molecule has 0 spiro atoms. The first-order chi connectivity index (χ1) is 15.6. The molecule has 0 bridgehead atoms. The van der Waals surface area contributed by atoms with Gasteiger partial charge in [-0.15, -0.1) is 5.06 Å². The molecule has 1 N–H and O–H groups in total. The van der Waals surface area contributed by atoms with Gasteiger partial charge in [0.05, 0.1) is 7.11 Å². The van der Waals surface area contributed by atoms with Crippen molar-refractivity contribution in [2.45, 2.75) is 13.5 Å². The lowest BCUT2D eigenvalue weighted by Crippen LogP contribution is -2.46. The molecule has 0 aliphatic carbocycles. The molecule has 2 aromatic carbocycles. The second-order valence-corrected chi connectivity index (χ2v) is 7.63. The van der Waals surface area contributed by atoms with E-state index in [1.165, 1.54) is 12.5 Å². The summed E-state index contributed by atoms with van der Waals surface area (Å²) in [6.45, 7) is 5.47. The Balaban J connectivity index is 1.29. The molecular weight excluding hydrogens is 406 g/mol. The van der Waals surface area contributed by atoms with Gasteiger partial charge in [0, 0.05) is 63.3 Å². The number of hydroxylamine groups is 2. The summed E-state index contributed by atoms with van der Waals surface area (Å²) in [5.74, 6) is 1.11. The monoisotopic (exact) mass is 433 g/mol. The van der Waals surface area contributed by atoms with Gasteiger partial charge in [0.2, 0.25) is 5.95 Å². The van der Waals surface area contributed by atoms with Crippen molar-refractivity contribution in [2.75, 3.05) is 38.6 Å². The Morgan fingerprint density at radius 1 is 0.938 bits per heavy atom. The van der Waals surface area contributed by atoms with Crippen LogP contribution in [0.15, 0.2) is 60.9 Å². The van der Waals surface area contributed by atoms with E-state index < -0.39 is 0 Å². The maximum atomic E-state index is 11.1. The fourth-order valence-electron chi connectivity index (χ4n) is 3.57. The first-order valence-corrected chi connectivity index (χ1v) is 10.6. The van der Waals surface area contributed by atoms with Crippen LogP contribution < -0.4 is 10.1 Å². The number of rotatable bonds is 7. The smallest absolute Gasteiger partial charge is 0.322 e. The van der Waals surface area contributed by atoms with Crippen LogP contribution in [0.2, 0.25) is 0 Å². The van der Waals surface area contributed by atoms with Crippen LogP contribution in [0, 0.1) is 0 Å². The Kier molecular flexibility index (Phi) is 6.94. The number of nitrogens with zero attached hydrogens (tertiary/aromatic N) is 4. The molecule has 2 heterocycles. The van der Waals surface area contributed by atoms with Gasteiger partial charge in [-0.2, -0.15) is 0 Å². The minimum atomic E-state index is -0.263. The molecule has 0 radical (unpaired) electrons. The maximum absolute atomic E-state index is 11.1. The highest BCUT2D eigenvalue weighted by molar-refractivity contribution is 5.65. The van der Waals surface area contributed by atoms with Crippen LogP contribution in [0.25, 0.3) is 11.1 Å². The molecule has 1 fully saturated rings. The van der Waals surface area contributed by atoms with Crippen LogP contribution in [0.1, 0.15) is 12.5 Å². The maximum Gasteiger partial charge on any atom is 0.322 e. The zero-order valence-electron chi connectivity index (χ0n) is 18.3. The molecule has 32 heavy (non-hydrogen) atoms. The molecule has 1 saturated heterocycles. The summed E-state index contributed by atoms with van der Waals surface area (Å²) >= 11 is 0. The SMILES string of the molecule is COc1ccc(-c2cnc(Nc3ccc(CN4CCN(OC(C)=O)CC4)cc3)nc2)cc1. The third-order valence-electron chi connectivity index (χ3n) is 5.28. The topological polar surface area (TPSA) is 79.8 Å². The molecule has 0 atom stereocenters. The highest BCUT2D eigenvalue weighted by Crippen LogP contribution is 2.22. The van der Waals surface area contributed by atoms with E-state index in [0.717, 1.165) is 55.3 Å². The number of hydrogen-bond donors (Lipinski definition) is 1. The van der Waals surface area contributed by atoms with Crippen molar-refractivity contribution in [3.63, 3.8) is 0 Å². The number of piperazine rings is 1. The molecule has 8 heteroatoms. The number of methoxy groups -OCH3 is 1. The Bertz CT molecular complexity index is 1020. The molecule has 1 aromatic heterocycles. The largest absolute Gasteiger partial charge is 0.497 e. The van der Waals surface area contributed by atoms with Crippen LogP contribution in [0.4, 0.5) is 11.6 Å². The van der Waals surface area contributed by atoms with E-state index in [9.17, 15) is 4.79 Å². The lowest BCUT2D eigenvalue weighted by atomic mass is 10.1. The molecule has 1 aliphatic heterocycles. The van der Waals surface area contributed by atoms with Gasteiger partial charge in [0.1, 0.15) is 5.75 Å². The van der Waals surface area contributed by atoms with Gasteiger partial charge in [-0.1, -0.05) is 24.3 Å². The van der Waals surface area contributed by atoms with Gasteiger partial charge in [-0.05, 0) is 35.4 Å². The summed E-state index contributed by atoms with van der Waals surface area (Å²) in [4.78, 5) is 27.4. The van der Waals surface area contributed by atoms with E-state index in [4.69, 9.17) is 9.57 Å². The quantitative estimate of drug-likeness (QED) is 0.607. The van der Waals surface area contributed by atoms with Crippen molar-refractivity contribution in [2.24, 2.45) is 0 Å². The highest BCUT2D eigenvalue weighted by Gasteiger charge is 2.18. The fraction of sp³-hybridized carbons (Fsp3) is 0.292. The number of anilines is 2. The molecule has 8 nitrogen and oxygen atoms in total. The van der Waals surface area contributed by atoms with Crippen molar-refractivity contribution >= 4 is 17.6 Å². The summed E-state index contributed by atoms with van der Waals surface area (Å²) in [5.41, 5.74) is 4.15. The summed E-state index contributed by atoms with van der Waals surface area (Å²) in [5, 5.41) is 4.97. The lowest BCUT2D eigenvalue weighted by Gasteiger charge is -2.33. The zero-order chi connectivity index (χ0) is 22.3.